The molecule has 0 aliphatic heterocycles. The van der Waals surface area contributed by atoms with E-state index in [1.807, 2.05) is 12.1 Å². The van der Waals surface area contributed by atoms with E-state index in [2.05, 4.69) is 20.9 Å². The molecule has 0 unspecified atom stereocenters. The van der Waals surface area contributed by atoms with Crippen molar-refractivity contribution in [3.05, 3.63) is 64.1 Å². The maximum absolute atomic E-state index is 14.0. The Morgan fingerprint density at radius 1 is 1.35 bits per heavy atom. The van der Waals surface area contributed by atoms with Gasteiger partial charge in [0, 0.05) is 22.8 Å². The first-order chi connectivity index (χ1) is 10.5. The fourth-order valence-corrected chi connectivity index (χ4v) is 2.38. The number of benzene rings is 1. The van der Waals surface area contributed by atoms with Crippen LogP contribution in [0.3, 0.4) is 0 Å². The lowest BCUT2D eigenvalue weighted by Crippen LogP contribution is -2.41. The Morgan fingerprint density at radius 3 is 2.65 bits per heavy atom. The van der Waals surface area contributed by atoms with Crippen LogP contribution in [0.2, 0.25) is 0 Å². The van der Waals surface area contributed by atoms with Crippen molar-refractivity contribution in [2.45, 2.75) is 26.1 Å². The lowest BCUT2D eigenvalue weighted by atomic mass is 10.1. The summed E-state index contributed by atoms with van der Waals surface area (Å²) in [5.41, 5.74) is 6.86. The van der Waals surface area contributed by atoms with Gasteiger partial charge in [0.15, 0.2) is 0 Å². The maximum atomic E-state index is 14.0. The Hall–Kier alpha value is -1.50. The SMILES string of the molecule is C[C@@H](N)C(=O)N(Cc1ccccn1)Cc1ccc(Br)cc1F.Cl. The monoisotopic (exact) mass is 401 g/mol. The van der Waals surface area contributed by atoms with Gasteiger partial charge >= 0.3 is 0 Å². The van der Waals surface area contributed by atoms with Crippen LogP contribution in [-0.2, 0) is 17.9 Å². The number of rotatable bonds is 5. The molecule has 7 heteroatoms. The molecule has 0 bridgehead atoms. The third kappa shape index (κ3) is 5.57. The molecule has 1 aromatic heterocycles. The summed E-state index contributed by atoms with van der Waals surface area (Å²) in [5.74, 6) is -0.606. The highest BCUT2D eigenvalue weighted by Gasteiger charge is 2.20. The number of carbonyl (C=O) groups is 1. The van der Waals surface area contributed by atoms with Gasteiger partial charge in [-0.1, -0.05) is 28.1 Å². The highest BCUT2D eigenvalue weighted by atomic mass is 79.9. The van der Waals surface area contributed by atoms with Crippen LogP contribution >= 0.6 is 28.3 Å². The van der Waals surface area contributed by atoms with Crippen molar-refractivity contribution < 1.29 is 9.18 Å². The van der Waals surface area contributed by atoms with Crippen molar-refractivity contribution in [2.75, 3.05) is 0 Å². The number of hydrogen-bond acceptors (Lipinski definition) is 3. The van der Waals surface area contributed by atoms with E-state index < -0.39 is 6.04 Å². The zero-order chi connectivity index (χ0) is 16.1. The first-order valence-corrected chi connectivity index (χ1v) is 7.65. The number of amides is 1. The van der Waals surface area contributed by atoms with Gasteiger partial charge in [0.2, 0.25) is 5.91 Å². The molecule has 1 aromatic carbocycles. The van der Waals surface area contributed by atoms with Gasteiger partial charge in [-0.05, 0) is 31.2 Å². The molecule has 4 nitrogen and oxygen atoms in total. The molecule has 0 aliphatic carbocycles. The van der Waals surface area contributed by atoms with E-state index in [0.29, 0.717) is 10.0 Å². The minimum atomic E-state index is -0.651. The maximum Gasteiger partial charge on any atom is 0.239 e. The van der Waals surface area contributed by atoms with Crippen molar-refractivity contribution in [1.82, 2.24) is 9.88 Å². The van der Waals surface area contributed by atoms with Gasteiger partial charge in [0.05, 0.1) is 18.3 Å². The Labute approximate surface area is 149 Å². The fourth-order valence-electron chi connectivity index (χ4n) is 2.04. The summed E-state index contributed by atoms with van der Waals surface area (Å²) in [6.07, 6.45) is 1.66. The zero-order valence-corrected chi connectivity index (χ0v) is 15.0. The van der Waals surface area contributed by atoms with Crippen molar-refractivity contribution in [3.63, 3.8) is 0 Å². The minimum Gasteiger partial charge on any atom is -0.331 e. The first-order valence-electron chi connectivity index (χ1n) is 6.85. The summed E-state index contributed by atoms with van der Waals surface area (Å²) in [4.78, 5) is 18.0. The number of halogens is 3. The molecule has 124 valence electrons. The molecule has 2 rings (SSSR count). The normalized spacial score (nSPS) is 11.5. The van der Waals surface area contributed by atoms with Gasteiger partial charge in [0.25, 0.3) is 0 Å². The topological polar surface area (TPSA) is 59.2 Å². The second-order valence-corrected chi connectivity index (χ2v) is 5.96. The number of aromatic nitrogens is 1. The van der Waals surface area contributed by atoms with Crippen molar-refractivity contribution in [2.24, 2.45) is 5.73 Å². The fraction of sp³-hybridized carbons (Fsp3) is 0.250. The van der Waals surface area contributed by atoms with Crippen LogP contribution in [0.5, 0.6) is 0 Å². The van der Waals surface area contributed by atoms with E-state index in [-0.39, 0.29) is 37.2 Å². The number of carbonyl (C=O) groups excluding carboxylic acids is 1. The van der Waals surface area contributed by atoms with Crippen LogP contribution in [0.15, 0.2) is 47.1 Å². The number of nitrogens with two attached hydrogens (primary N) is 1. The van der Waals surface area contributed by atoms with E-state index in [1.54, 1.807) is 31.3 Å². The second kappa shape index (κ2) is 8.96. The van der Waals surface area contributed by atoms with Gasteiger partial charge < -0.3 is 10.6 Å². The average Bonchev–Trinajstić information content (AvgIpc) is 2.49. The summed E-state index contributed by atoms with van der Waals surface area (Å²) >= 11 is 3.22. The largest absolute Gasteiger partial charge is 0.331 e. The molecule has 1 heterocycles. The molecule has 0 spiro atoms. The van der Waals surface area contributed by atoms with E-state index in [0.717, 1.165) is 5.69 Å². The van der Waals surface area contributed by atoms with Crippen molar-refractivity contribution in [3.8, 4) is 0 Å². The van der Waals surface area contributed by atoms with Gasteiger partial charge in [-0.3, -0.25) is 9.78 Å². The van der Waals surface area contributed by atoms with Crippen LogP contribution < -0.4 is 5.73 Å². The Morgan fingerprint density at radius 2 is 2.09 bits per heavy atom. The van der Waals surface area contributed by atoms with E-state index in [1.165, 1.54) is 11.0 Å². The van der Waals surface area contributed by atoms with Crippen molar-refractivity contribution in [1.29, 1.82) is 0 Å². The van der Waals surface area contributed by atoms with E-state index in [9.17, 15) is 9.18 Å². The lowest BCUT2D eigenvalue weighted by Gasteiger charge is -2.24. The first kappa shape index (κ1) is 19.5. The van der Waals surface area contributed by atoms with E-state index in [4.69, 9.17) is 5.73 Å². The Bertz CT molecular complexity index is 655. The third-order valence-electron chi connectivity index (χ3n) is 3.16. The van der Waals surface area contributed by atoms with E-state index >= 15 is 0 Å². The predicted molar refractivity (Wildman–Crippen MR) is 93.5 cm³/mol. The predicted octanol–water partition coefficient (Wildman–Crippen LogP) is 3.28. The van der Waals surface area contributed by atoms with Gasteiger partial charge in [0.1, 0.15) is 5.82 Å². The van der Waals surface area contributed by atoms with Crippen LogP contribution in [0.4, 0.5) is 4.39 Å². The summed E-state index contributed by atoms with van der Waals surface area (Å²) in [6.45, 7) is 2.05. The summed E-state index contributed by atoms with van der Waals surface area (Å²) < 4.78 is 14.7. The van der Waals surface area contributed by atoms with Crippen molar-refractivity contribution >= 4 is 34.2 Å². The molecule has 23 heavy (non-hydrogen) atoms. The summed E-state index contributed by atoms with van der Waals surface area (Å²) in [7, 11) is 0. The average molecular weight is 403 g/mol. The lowest BCUT2D eigenvalue weighted by molar-refractivity contribution is -0.133. The molecule has 1 atom stereocenters. The number of nitrogens with zero attached hydrogens (tertiary/aromatic N) is 2. The smallest absolute Gasteiger partial charge is 0.239 e. The van der Waals surface area contributed by atoms with Gasteiger partial charge in [-0.25, -0.2) is 4.39 Å². The molecule has 0 fully saturated rings. The Kier molecular flexibility index (Phi) is 7.61. The molecule has 0 aliphatic rings. The van der Waals surface area contributed by atoms with Crippen LogP contribution in [-0.4, -0.2) is 21.8 Å². The highest BCUT2D eigenvalue weighted by molar-refractivity contribution is 9.10. The number of hydrogen-bond donors (Lipinski definition) is 1. The summed E-state index contributed by atoms with van der Waals surface area (Å²) in [5, 5.41) is 0. The zero-order valence-electron chi connectivity index (χ0n) is 12.6. The van der Waals surface area contributed by atoms with Gasteiger partial charge in [-0.15, -0.1) is 12.4 Å². The third-order valence-corrected chi connectivity index (χ3v) is 3.65. The number of pyridine rings is 1. The molecule has 1 amide bonds. The molecule has 0 saturated heterocycles. The summed E-state index contributed by atoms with van der Waals surface area (Å²) in [6, 6.07) is 9.59. The van der Waals surface area contributed by atoms with Gasteiger partial charge in [-0.2, -0.15) is 0 Å². The quantitative estimate of drug-likeness (QED) is 0.835. The molecule has 2 aromatic rings. The molecule has 2 N–H and O–H groups in total. The highest BCUT2D eigenvalue weighted by Crippen LogP contribution is 2.18. The minimum absolute atomic E-state index is 0. The van der Waals surface area contributed by atoms with Crippen LogP contribution in [0, 0.1) is 5.82 Å². The van der Waals surface area contributed by atoms with Crippen LogP contribution in [0.1, 0.15) is 18.2 Å². The molecule has 0 radical (unpaired) electrons. The Balaban J connectivity index is 0.00000264. The molecule has 0 saturated carbocycles. The molecular formula is C16H18BrClFN3O. The molecular weight excluding hydrogens is 385 g/mol. The van der Waals surface area contributed by atoms with Crippen LogP contribution in [0.25, 0.3) is 0 Å². The second-order valence-electron chi connectivity index (χ2n) is 5.04. The standard InChI is InChI=1S/C16H17BrFN3O.ClH/c1-11(19)16(22)21(10-14-4-2-3-7-20-14)9-12-5-6-13(17)8-15(12)18;/h2-8,11H,9-10,19H2,1H3;1H/t11-;/m1./s1.